The van der Waals surface area contributed by atoms with Crippen LogP contribution in [0.2, 0.25) is 0 Å². The Labute approximate surface area is 198 Å². The summed E-state index contributed by atoms with van der Waals surface area (Å²) in [5.74, 6) is 0.325. The van der Waals surface area contributed by atoms with Crippen molar-refractivity contribution in [3.63, 3.8) is 0 Å². The molecule has 0 unspecified atom stereocenters. The molecule has 0 radical (unpaired) electrons. The number of fused-ring (bicyclic) bond motifs is 2. The van der Waals surface area contributed by atoms with Gasteiger partial charge in [-0.2, -0.15) is 0 Å². The molecule has 0 saturated heterocycles. The van der Waals surface area contributed by atoms with Crippen LogP contribution in [-0.2, 0) is 12.3 Å². The summed E-state index contributed by atoms with van der Waals surface area (Å²) in [6.07, 6.45) is 0. The molecule has 5 rings (SSSR count). The molecule has 0 spiro atoms. The maximum atomic E-state index is 12.6. The number of aromatic nitrogens is 2. The molecule has 1 N–H and O–H groups in total. The number of thiazole rings is 1. The van der Waals surface area contributed by atoms with Gasteiger partial charge in [-0.15, -0.1) is 21.6 Å². The van der Waals surface area contributed by atoms with E-state index < -0.39 is 5.91 Å². The fraction of sp³-hybridized carbons (Fsp3) is 0.120. The second kappa shape index (κ2) is 9.17. The van der Waals surface area contributed by atoms with Gasteiger partial charge in [0.25, 0.3) is 5.91 Å². The van der Waals surface area contributed by atoms with Gasteiger partial charge in [0.1, 0.15) is 0 Å². The van der Waals surface area contributed by atoms with Crippen LogP contribution in [0.3, 0.4) is 0 Å². The van der Waals surface area contributed by atoms with Crippen LogP contribution in [0.25, 0.3) is 21.1 Å². The van der Waals surface area contributed by atoms with Crippen molar-refractivity contribution in [3.8, 4) is 5.88 Å². The van der Waals surface area contributed by atoms with Crippen molar-refractivity contribution in [3.05, 3.63) is 83.9 Å². The quantitative estimate of drug-likeness (QED) is 0.209. The molecule has 0 aliphatic carbocycles. The lowest BCUT2D eigenvalue weighted by Gasteiger charge is -2.01. The van der Waals surface area contributed by atoms with Crippen molar-refractivity contribution in [2.24, 2.45) is 10.2 Å². The van der Waals surface area contributed by atoms with Crippen LogP contribution >= 0.6 is 23.1 Å². The standard InChI is InChI=1S/C25H20N4O2S2/c1-2-29-20-9-5-3-7-18(20)22(24(29)31)27-28-23(30)17-13-11-16(12-14-17)15-32-25-26-19-8-4-6-10-21(19)33-25/h3-14,31H,2,15H2,1H3. The Morgan fingerprint density at radius 1 is 1.06 bits per heavy atom. The van der Waals surface area contributed by atoms with E-state index in [1.54, 1.807) is 39.8 Å². The first-order chi connectivity index (χ1) is 16.1. The number of hydrogen-bond acceptors (Lipinski definition) is 6. The fourth-order valence-corrected chi connectivity index (χ4v) is 5.67. The summed E-state index contributed by atoms with van der Waals surface area (Å²) in [6.45, 7) is 2.53. The molecule has 2 aromatic heterocycles. The van der Waals surface area contributed by atoms with Gasteiger partial charge >= 0.3 is 0 Å². The van der Waals surface area contributed by atoms with Crippen molar-refractivity contribution < 1.29 is 9.90 Å². The maximum Gasteiger partial charge on any atom is 0.295 e. The highest BCUT2D eigenvalue weighted by Crippen LogP contribution is 2.38. The van der Waals surface area contributed by atoms with E-state index in [1.807, 2.05) is 61.5 Å². The SMILES string of the molecule is CCn1c(O)c(N=NC(=O)c2ccc(CSc3nc4ccccc4s3)cc2)c2ccccc21. The molecule has 5 aromatic rings. The van der Waals surface area contributed by atoms with E-state index in [0.717, 1.165) is 32.1 Å². The molecule has 0 fully saturated rings. The number of para-hydroxylation sites is 2. The Morgan fingerprint density at radius 3 is 2.61 bits per heavy atom. The van der Waals surface area contributed by atoms with Crippen LogP contribution in [0.1, 0.15) is 22.8 Å². The Morgan fingerprint density at radius 2 is 1.82 bits per heavy atom. The average Bonchev–Trinajstić information content (AvgIpc) is 3.39. The first-order valence-corrected chi connectivity index (χ1v) is 12.3. The molecule has 8 heteroatoms. The number of benzene rings is 3. The van der Waals surface area contributed by atoms with E-state index in [9.17, 15) is 9.90 Å². The minimum absolute atomic E-state index is 0.0115. The van der Waals surface area contributed by atoms with Gasteiger partial charge in [-0.05, 0) is 42.8 Å². The molecule has 0 aliphatic heterocycles. The number of amides is 1. The normalized spacial score (nSPS) is 11.7. The second-order valence-corrected chi connectivity index (χ2v) is 9.62. The molecular weight excluding hydrogens is 452 g/mol. The van der Waals surface area contributed by atoms with Crippen molar-refractivity contribution in [1.82, 2.24) is 9.55 Å². The van der Waals surface area contributed by atoms with Crippen LogP contribution in [-0.4, -0.2) is 20.6 Å². The number of carbonyl (C=O) groups excluding carboxylic acids is 1. The largest absolute Gasteiger partial charge is 0.493 e. The van der Waals surface area contributed by atoms with Crippen molar-refractivity contribution in [2.45, 2.75) is 23.6 Å². The summed E-state index contributed by atoms with van der Waals surface area (Å²) >= 11 is 3.36. The van der Waals surface area contributed by atoms with E-state index in [1.165, 1.54) is 4.70 Å². The summed E-state index contributed by atoms with van der Waals surface area (Å²) in [5, 5.41) is 19.2. The summed E-state index contributed by atoms with van der Waals surface area (Å²) in [6, 6.07) is 23.0. The Bertz CT molecular complexity index is 1450. The molecular formula is C25H20N4O2S2. The second-order valence-electron chi connectivity index (χ2n) is 7.37. The number of aromatic hydroxyl groups is 1. The Kier molecular flexibility index (Phi) is 5.93. The zero-order chi connectivity index (χ0) is 22.8. The molecule has 2 heterocycles. The maximum absolute atomic E-state index is 12.6. The first kappa shape index (κ1) is 21.4. The predicted octanol–water partition coefficient (Wildman–Crippen LogP) is 7.19. The highest BCUT2D eigenvalue weighted by atomic mass is 32.2. The number of carbonyl (C=O) groups is 1. The van der Waals surface area contributed by atoms with Gasteiger partial charge < -0.3 is 9.67 Å². The monoisotopic (exact) mass is 472 g/mol. The summed E-state index contributed by atoms with van der Waals surface area (Å²) < 4.78 is 3.95. The third kappa shape index (κ3) is 4.27. The fourth-order valence-electron chi connectivity index (χ4n) is 3.64. The Balaban J connectivity index is 1.28. The zero-order valence-corrected chi connectivity index (χ0v) is 19.4. The van der Waals surface area contributed by atoms with Crippen molar-refractivity contribution in [1.29, 1.82) is 0 Å². The zero-order valence-electron chi connectivity index (χ0n) is 17.8. The molecule has 0 saturated carbocycles. The van der Waals surface area contributed by atoms with Crippen LogP contribution in [0.5, 0.6) is 5.88 Å². The average molecular weight is 473 g/mol. The third-order valence-electron chi connectivity index (χ3n) is 5.31. The molecule has 1 amide bonds. The molecule has 3 aromatic carbocycles. The van der Waals surface area contributed by atoms with Crippen LogP contribution in [0.4, 0.5) is 5.69 Å². The number of thioether (sulfide) groups is 1. The lowest BCUT2D eigenvalue weighted by Crippen LogP contribution is -1.94. The van der Waals surface area contributed by atoms with Gasteiger partial charge in [-0.25, -0.2) is 4.98 Å². The number of aryl methyl sites for hydroxylation is 1. The highest BCUT2D eigenvalue weighted by molar-refractivity contribution is 8.00. The smallest absolute Gasteiger partial charge is 0.295 e. The van der Waals surface area contributed by atoms with Crippen LogP contribution in [0.15, 0.2) is 87.4 Å². The minimum atomic E-state index is -0.451. The number of rotatable bonds is 6. The number of nitrogens with zero attached hydrogens (tertiary/aromatic N) is 4. The van der Waals surface area contributed by atoms with E-state index in [2.05, 4.69) is 21.3 Å². The lowest BCUT2D eigenvalue weighted by atomic mass is 10.1. The van der Waals surface area contributed by atoms with Gasteiger partial charge in [0.2, 0.25) is 5.88 Å². The summed E-state index contributed by atoms with van der Waals surface area (Å²) in [4.78, 5) is 17.2. The van der Waals surface area contributed by atoms with Gasteiger partial charge in [0.05, 0.1) is 15.7 Å². The van der Waals surface area contributed by atoms with Crippen LogP contribution < -0.4 is 0 Å². The highest BCUT2D eigenvalue weighted by Gasteiger charge is 2.16. The lowest BCUT2D eigenvalue weighted by molar-refractivity contribution is 0.0995. The molecule has 164 valence electrons. The number of hydrogen-bond donors (Lipinski definition) is 1. The van der Waals surface area contributed by atoms with Crippen molar-refractivity contribution >= 4 is 55.8 Å². The molecule has 6 nitrogen and oxygen atoms in total. The number of azo groups is 1. The van der Waals surface area contributed by atoms with E-state index in [-0.39, 0.29) is 5.88 Å². The molecule has 0 atom stereocenters. The summed E-state index contributed by atoms with van der Waals surface area (Å²) in [7, 11) is 0. The predicted molar refractivity (Wildman–Crippen MR) is 134 cm³/mol. The van der Waals surface area contributed by atoms with E-state index >= 15 is 0 Å². The molecule has 0 bridgehead atoms. The Hall–Kier alpha value is -3.49. The van der Waals surface area contributed by atoms with Gasteiger partial charge in [-0.3, -0.25) is 4.79 Å². The topological polar surface area (TPSA) is 79.8 Å². The van der Waals surface area contributed by atoms with Crippen LogP contribution in [0, 0.1) is 0 Å². The third-order valence-corrected chi connectivity index (χ3v) is 7.56. The minimum Gasteiger partial charge on any atom is -0.493 e. The molecule has 33 heavy (non-hydrogen) atoms. The van der Waals surface area contributed by atoms with Crippen molar-refractivity contribution in [2.75, 3.05) is 0 Å². The summed E-state index contributed by atoms with van der Waals surface area (Å²) in [5.41, 5.74) is 3.73. The van der Waals surface area contributed by atoms with Gasteiger partial charge in [-0.1, -0.05) is 54.2 Å². The van der Waals surface area contributed by atoms with Gasteiger partial charge in [0.15, 0.2) is 10.0 Å². The first-order valence-electron chi connectivity index (χ1n) is 10.5. The molecule has 0 aliphatic rings. The van der Waals surface area contributed by atoms with E-state index in [4.69, 9.17) is 0 Å². The van der Waals surface area contributed by atoms with Gasteiger partial charge in [0, 0.05) is 23.2 Å². The van der Waals surface area contributed by atoms with E-state index in [0.29, 0.717) is 17.8 Å².